The van der Waals surface area contributed by atoms with Crippen LogP contribution in [0.5, 0.6) is 5.75 Å². The Morgan fingerprint density at radius 2 is 1.64 bits per heavy atom. The highest BCUT2D eigenvalue weighted by molar-refractivity contribution is 7.93. The molecule has 194 valence electrons. The number of sulfone groups is 1. The van der Waals surface area contributed by atoms with Gasteiger partial charge in [-0.15, -0.1) is 0 Å². The maximum Gasteiger partial charge on any atom is 0.269 e. The molecule has 1 fully saturated rings. The number of nitrogens with one attached hydrogen (secondary N) is 3. The molecule has 2 aromatic carbocycles. The fourth-order valence-corrected chi connectivity index (χ4v) is 5.71. The molecule has 4 N–H and O–H groups in total. The number of hydrogen-bond acceptors (Lipinski definition) is 8. The van der Waals surface area contributed by atoms with Gasteiger partial charge in [0.1, 0.15) is 5.75 Å². The number of amides is 3. The average Bonchev–Trinajstić information content (AvgIpc) is 2.90. The lowest BCUT2D eigenvalue weighted by molar-refractivity contribution is -0.134. The van der Waals surface area contributed by atoms with Crippen LogP contribution in [-0.2, 0) is 24.2 Å². The first-order valence-corrected chi connectivity index (χ1v) is 12.9. The first kappa shape index (κ1) is 27.4. The molecule has 0 atom stereocenters. The Morgan fingerprint density at radius 1 is 1.00 bits per heavy atom. The maximum absolute atomic E-state index is 13.2. The van der Waals surface area contributed by atoms with Gasteiger partial charge in [-0.1, -0.05) is 11.6 Å². The minimum absolute atomic E-state index is 0.0756. The third-order valence-electron chi connectivity index (χ3n) is 5.70. The summed E-state index contributed by atoms with van der Waals surface area (Å²) >= 11 is 5.77. The number of hydrazine groups is 1. The molecule has 0 bridgehead atoms. The van der Waals surface area contributed by atoms with Crippen LogP contribution in [-0.4, -0.2) is 55.9 Å². The van der Waals surface area contributed by atoms with Crippen LogP contribution >= 0.6 is 11.6 Å². The van der Waals surface area contributed by atoms with E-state index in [1.54, 1.807) is 12.1 Å². The Kier molecular flexibility index (Phi) is 9.26. The highest BCUT2D eigenvalue weighted by Gasteiger charge is 2.52. The lowest BCUT2D eigenvalue weighted by Gasteiger charge is -2.34. The minimum Gasteiger partial charge on any atom is -0.494 e. The lowest BCUT2D eigenvalue weighted by Crippen LogP contribution is -2.54. The lowest BCUT2D eigenvalue weighted by atomic mass is 9.98. The molecule has 36 heavy (non-hydrogen) atoms. The summed E-state index contributed by atoms with van der Waals surface area (Å²) in [6.45, 7) is 0.317. The molecule has 0 aromatic heterocycles. The van der Waals surface area contributed by atoms with E-state index in [1.807, 2.05) is 0 Å². The topological polar surface area (TPSA) is 160 Å². The van der Waals surface area contributed by atoms with E-state index in [2.05, 4.69) is 10.9 Å². The van der Waals surface area contributed by atoms with Crippen molar-refractivity contribution < 1.29 is 37.5 Å². The monoisotopic (exact) mass is 539 g/mol. The first-order valence-electron chi connectivity index (χ1n) is 11.0. The van der Waals surface area contributed by atoms with E-state index >= 15 is 0 Å². The summed E-state index contributed by atoms with van der Waals surface area (Å²) in [5, 5.41) is 9.60. The molecule has 3 rings (SSSR count). The van der Waals surface area contributed by atoms with Crippen molar-refractivity contribution in [1.29, 1.82) is 0 Å². The van der Waals surface area contributed by atoms with E-state index < -0.39 is 32.3 Å². The van der Waals surface area contributed by atoms with Gasteiger partial charge >= 0.3 is 0 Å². The Hall–Kier alpha value is -3.19. The van der Waals surface area contributed by atoms with Gasteiger partial charge < -0.3 is 9.47 Å². The van der Waals surface area contributed by atoms with Crippen LogP contribution in [0.2, 0.25) is 5.02 Å². The zero-order valence-electron chi connectivity index (χ0n) is 19.2. The Bertz CT molecular complexity index is 1180. The summed E-state index contributed by atoms with van der Waals surface area (Å²) in [5.74, 6) is -1.51. The normalized spacial score (nSPS) is 14.9. The van der Waals surface area contributed by atoms with Crippen LogP contribution < -0.4 is 21.1 Å². The minimum atomic E-state index is -4.13. The summed E-state index contributed by atoms with van der Waals surface area (Å²) in [4.78, 5) is 36.1. The van der Waals surface area contributed by atoms with Gasteiger partial charge in [0.15, 0.2) is 14.6 Å². The van der Waals surface area contributed by atoms with Gasteiger partial charge in [0, 0.05) is 30.2 Å². The third-order valence-corrected chi connectivity index (χ3v) is 8.47. The number of benzene rings is 2. The Balaban J connectivity index is 1.47. The molecule has 1 aliphatic rings. The summed E-state index contributed by atoms with van der Waals surface area (Å²) in [6, 6.07) is 11.7. The molecule has 13 heteroatoms. The fourth-order valence-electron chi connectivity index (χ4n) is 3.65. The van der Waals surface area contributed by atoms with E-state index in [-0.39, 0.29) is 44.0 Å². The van der Waals surface area contributed by atoms with Crippen LogP contribution in [0, 0.1) is 0 Å². The quantitative estimate of drug-likeness (QED) is 0.213. The van der Waals surface area contributed by atoms with Crippen molar-refractivity contribution in [3.63, 3.8) is 0 Å². The van der Waals surface area contributed by atoms with Crippen molar-refractivity contribution in [3.05, 3.63) is 59.1 Å². The van der Waals surface area contributed by atoms with Crippen molar-refractivity contribution in [1.82, 2.24) is 16.3 Å². The van der Waals surface area contributed by atoms with Crippen molar-refractivity contribution in [2.75, 3.05) is 19.8 Å². The summed E-state index contributed by atoms with van der Waals surface area (Å²) in [5.41, 5.74) is 6.44. The van der Waals surface area contributed by atoms with Crippen molar-refractivity contribution in [3.8, 4) is 5.75 Å². The van der Waals surface area contributed by atoms with E-state index in [9.17, 15) is 22.8 Å². The second-order valence-corrected chi connectivity index (χ2v) is 10.7. The molecular formula is C23H26ClN3O8S. The van der Waals surface area contributed by atoms with Gasteiger partial charge in [0.05, 0.1) is 11.5 Å². The van der Waals surface area contributed by atoms with Gasteiger partial charge in [-0.3, -0.25) is 30.4 Å². The number of hydrogen-bond donors (Lipinski definition) is 4. The van der Waals surface area contributed by atoms with Crippen LogP contribution in [0.15, 0.2) is 53.4 Å². The van der Waals surface area contributed by atoms with E-state index in [0.29, 0.717) is 22.8 Å². The molecule has 11 nitrogen and oxygen atoms in total. The zero-order chi connectivity index (χ0) is 26.2. The highest BCUT2D eigenvalue weighted by atomic mass is 35.5. The maximum atomic E-state index is 13.2. The predicted molar refractivity (Wildman–Crippen MR) is 128 cm³/mol. The van der Waals surface area contributed by atoms with Crippen molar-refractivity contribution in [2.45, 2.75) is 35.3 Å². The standard InChI is InChI=1S/C23H26ClN3O8S/c24-17-5-3-16(4-6-17)21(29)26-25-20(28)2-1-13-35-18-7-9-19(10-8-18)36(32,33)23(22(30)27-31)11-14-34-15-12-23/h3-10,31H,1-2,11-15H2,(H,25,28)(H,26,29)(H,27,30). The van der Waals surface area contributed by atoms with E-state index in [4.69, 9.17) is 26.3 Å². The SMILES string of the molecule is O=C(CCCOc1ccc(S(=O)(=O)C2(C(=O)NO)CCOCC2)cc1)NNC(=O)c1ccc(Cl)cc1. The summed E-state index contributed by atoms with van der Waals surface area (Å²) in [6.07, 6.45) is 0.251. The molecule has 1 saturated heterocycles. The molecular weight excluding hydrogens is 514 g/mol. The summed E-state index contributed by atoms with van der Waals surface area (Å²) in [7, 11) is -4.13. The number of rotatable bonds is 9. The number of hydroxylamine groups is 1. The number of halogens is 1. The molecule has 1 heterocycles. The number of carbonyl (C=O) groups excluding carboxylic acids is 3. The second-order valence-electron chi connectivity index (χ2n) is 7.98. The third kappa shape index (κ3) is 6.32. The van der Waals surface area contributed by atoms with Gasteiger partial charge in [0.2, 0.25) is 5.91 Å². The van der Waals surface area contributed by atoms with Crippen molar-refractivity contribution in [2.24, 2.45) is 0 Å². The molecule has 1 aliphatic heterocycles. The molecule has 0 unspecified atom stereocenters. The zero-order valence-corrected chi connectivity index (χ0v) is 20.7. The molecule has 2 aromatic rings. The van der Waals surface area contributed by atoms with Gasteiger partial charge in [0.25, 0.3) is 11.8 Å². The van der Waals surface area contributed by atoms with Crippen LogP contribution in [0.25, 0.3) is 0 Å². The Morgan fingerprint density at radius 3 is 2.25 bits per heavy atom. The molecule has 0 spiro atoms. The summed E-state index contributed by atoms with van der Waals surface area (Å²) < 4.78 is 35.4. The average molecular weight is 540 g/mol. The van der Waals surface area contributed by atoms with E-state index in [1.165, 1.54) is 41.9 Å². The fraction of sp³-hybridized carbons (Fsp3) is 0.348. The molecule has 0 radical (unpaired) electrons. The number of ether oxygens (including phenoxy) is 2. The second kappa shape index (κ2) is 12.2. The van der Waals surface area contributed by atoms with E-state index in [0.717, 1.165) is 0 Å². The van der Waals surface area contributed by atoms with Crippen LogP contribution in [0.3, 0.4) is 0 Å². The van der Waals surface area contributed by atoms with Gasteiger partial charge in [-0.25, -0.2) is 13.9 Å². The molecule has 0 aliphatic carbocycles. The van der Waals surface area contributed by atoms with Gasteiger partial charge in [-0.2, -0.15) is 0 Å². The largest absolute Gasteiger partial charge is 0.494 e. The van der Waals surface area contributed by atoms with Gasteiger partial charge in [-0.05, 0) is 67.8 Å². The Labute approximate surface area is 213 Å². The smallest absolute Gasteiger partial charge is 0.269 e. The molecule has 3 amide bonds. The van der Waals surface area contributed by atoms with Crippen molar-refractivity contribution >= 4 is 39.2 Å². The predicted octanol–water partition coefficient (Wildman–Crippen LogP) is 1.79. The first-order chi connectivity index (χ1) is 17.2. The molecule has 0 saturated carbocycles. The number of carbonyl (C=O) groups is 3. The highest BCUT2D eigenvalue weighted by Crippen LogP contribution is 2.35. The van der Waals surface area contributed by atoms with Crippen LogP contribution in [0.1, 0.15) is 36.0 Å². The van der Waals surface area contributed by atoms with Crippen LogP contribution in [0.4, 0.5) is 0 Å².